The van der Waals surface area contributed by atoms with Gasteiger partial charge in [0.05, 0.1) is 22.4 Å². The Morgan fingerprint density at radius 2 is 2.00 bits per heavy atom. The number of nitrogens with zero attached hydrogens (tertiary/aromatic N) is 1. The van der Waals surface area contributed by atoms with Gasteiger partial charge in [-0.15, -0.1) is 0 Å². The number of carbonyl (C=O) groups excluding carboxylic acids is 1. The van der Waals surface area contributed by atoms with Gasteiger partial charge in [0, 0.05) is 6.54 Å². The first-order valence-corrected chi connectivity index (χ1v) is 11.5. The molecule has 1 amide bonds. The van der Waals surface area contributed by atoms with Gasteiger partial charge in [-0.1, -0.05) is 54.3 Å². The highest BCUT2D eigenvalue weighted by atomic mass is 79.9. The molecule has 0 aromatic heterocycles. The third-order valence-electron chi connectivity index (χ3n) is 4.28. The van der Waals surface area contributed by atoms with Gasteiger partial charge in [-0.05, 0) is 52.2 Å². The van der Waals surface area contributed by atoms with Crippen LogP contribution < -0.4 is 9.47 Å². The van der Waals surface area contributed by atoms with Crippen LogP contribution in [0.3, 0.4) is 0 Å². The fraction of sp³-hybridized carbons (Fsp3) is 0.227. The Bertz CT molecular complexity index is 1030. The highest BCUT2D eigenvalue weighted by Crippen LogP contribution is 2.39. The highest BCUT2D eigenvalue weighted by molar-refractivity contribution is 9.10. The summed E-state index contributed by atoms with van der Waals surface area (Å²) in [6.07, 6.45) is 1.56. The van der Waals surface area contributed by atoms with E-state index in [1.165, 1.54) is 4.90 Å². The first-order chi connectivity index (χ1) is 14.9. The van der Waals surface area contributed by atoms with Crippen LogP contribution in [-0.2, 0) is 16.2 Å². The molecule has 3 rings (SSSR count). The third kappa shape index (κ3) is 6.09. The zero-order valence-corrected chi connectivity index (χ0v) is 19.9. The smallest absolute Gasteiger partial charge is 0.305 e. The summed E-state index contributed by atoms with van der Waals surface area (Å²) in [6.45, 7) is 2.78. The van der Waals surface area contributed by atoms with Gasteiger partial charge in [0.2, 0.25) is 0 Å². The van der Waals surface area contributed by atoms with E-state index in [9.17, 15) is 9.59 Å². The maximum atomic E-state index is 12.6. The van der Waals surface area contributed by atoms with Crippen LogP contribution >= 0.6 is 39.9 Å². The summed E-state index contributed by atoms with van der Waals surface area (Å²) in [5.74, 6) is -0.138. The van der Waals surface area contributed by atoms with Gasteiger partial charge in [0.15, 0.2) is 11.5 Å². The molecule has 0 unspecified atom stereocenters. The second kappa shape index (κ2) is 10.8. The number of aliphatic carboxylic acids is 1. The predicted octanol–water partition coefficient (Wildman–Crippen LogP) is 5.10. The van der Waals surface area contributed by atoms with Crippen LogP contribution in [-0.4, -0.2) is 39.4 Å². The lowest BCUT2D eigenvalue weighted by molar-refractivity contribution is -0.137. The molecule has 6 nitrogen and oxygen atoms in total. The summed E-state index contributed by atoms with van der Waals surface area (Å²) in [7, 11) is 0. The Kier molecular flexibility index (Phi) is 8.11. The normalized spacial score (nSPS) is 14.9. The molecule has 1 aliphatic rings. The van der Waals surface area contributed by atoms with Crippen molar-refractivity contribution in [2.24, 2.45) is 0 Å². The van der Waals surface area contributed by atoms with Crippen molar-refractivity contribution in [1.82, 2.24) is 4.90 Å². The van der Waals surface area contributed by atoms with E-state index in [1.807, 2.05) is 43.3 Å². The van der Waals surface area contributed by atoms with E-state index < -0.39 is 5.97 Å². The van der Waals surface area contributed by atoms with Crippen molar-refractivity contribution in [3.63, 3.8) is 0 Å². The average Bonchev–Trinajstić information content (AvgIpc) is 2.99. The first-order valence-electron chi connectivity index (χ1n) is 9.49. The Hall–Kier alpha value is -2.36. The number of carbonyl (C=O) groups is 2. The van der Waals surface area contributed by atoms with E-state index in [2.05, 4.69) is 15.9 Å². The van der Waals surface area contributed by atoms with E-state index in [0.29, 0.717) is 38.4 Å². The van der Waals surface area contributed by atoms with Crippen LogP contribution in [0.4, 0.5) is 0 Å². The lowest BCUT2D eigenvalue weighted by Gasteiger charge is -2.15. The molecule has 31 heavy (non-hydrogen) atoms. The first kappa shape index (κ1) is 23.3. The molecular weight excluding hydrogens is 502 g/mol. The Labute approximate surface area is 198 Å². The summed E-state index contributed by atoms with van der Waals surface area (Å²) in [5, 5.41) is 8.87. The molecule has 2 aromatic rings. The standard InChI is InChI=1S/C22H20BrNO5S2/c1-2-28-17-11-15(10-16(23)20(17)29-13-14-6-4-3-5-7-14)12-18-21(27)24(22(30)31-18)9-8-19(25)26/h3-7,10-12H,2,8-9,13H2,1H3,(H,25,26)/b18-12-. The van der Waals surface area contributed by atoms with Gasteiger partial charge in [-0.3, -0.25) is 14.5 Å². The molecule has 1 saturated heterocycles. The minimum atomic E-state index is -0.977. The van der Waals surface area contributed by atoms with Crippen LogP contribution in [0.5, 0.6) is 11.5 Å². The predicted molar refractivity (Wildman–Crippen MR) is 128 cm³/mol. The van der Waals surface area contributed by atoms with Gasteiger partial charge >= 0.3 is 5.97 Å². The van der Waals surface area contributed by atoms with Crippen molar-refractivity contribution in [2.45, 2.75) is 20.0 Å². The molecule has 1 N–H and O–H groups in total. The van der Waals surface area contributed by atoms with Gasteiger partial charge < -0.3 is 14.6 Å². The highest BCUT2D eigenvalue weighted by Gasteiger charge is 2.32. The molecule has 1 heterocycles. The number of rotatable bonds is 9. The fourth-order valence-electron chi connectivity index (χ4n) is 2.86. The summed E-state index contributed by atoms with van der Waals surface area (Å²) in [4.78, 5) is 25.2. The minimum Gasteiger partial charge on any atom is -0.490 e. The molecule has 1 aliphatic heterocycles. The number of halogens is 1. The number of ether oxygens (including phenoxy) is 2. The summed E-state index contributed by atoms with van der Waals surface area (Å²) >= 11 is 9.93. The van der Waals surface area contributed by atoms with Crippen LogP contribution in [0.1, 0.15) is 24.5 Å². The molecule has 0 saturated carbocycles. The Balaban J connectivity index is 1.82. The molecule has 0 radical (unpaired) electrons. The lowest BCUT2D eigenvalue weighted by Crippen LogP contribution is -2.30. The molecule has 0 bridgehead atoms. The number of carboxylic acids is 1. The van der Waals surface area contributed by atoms with E-state index in [-0.39, 0.29) is 18.9 Å². The van der Waals surface area contributed by atoms with Crippen molar-refractivity contribution >= 4 is 62.2 Å². The van der Waals surface area contributed by atoms with Crippen LogP contribution in [0.2, 0.25) is 0 Å². The average molecular weight is 522 g/mol. The molecule has 0 aliphatic carbocycles. The maximum absolute atomic E-state index is 12.6. The monoisotopic (exact) mass is 521 g/mol. The molecule has 162 valence electrons. The quantitative estimate of drug-likeness (QED) is 0.363. The van der Waals surface area contributed by atoms with E-state index in [0.717, 1.165) is 22.9 Å². The number of benzene rings is 2. The SMILES string of the molecule is CCOc1cc(/C=C2\SC(=S)N(CCC(=O)O)C2=O)cc(Br)c1OCc1ccccc1. The molecule has 1 fully saturated rings. The maximum Gasteiger partial charge on any atom is 0.305 e. The topological polar surface area (TPSA) is 76.1 Å². The van der Waals surface area contributed by atoms with E-state index >= 15 is 0 Å². The molecule has 2 aromatic carbocycles. The summed E-state index contributed by atoms with van der Waals surface area (Å²) in [5.41, 5.74) is 1.77. The number of carboxylic acid groups (broad SMARTS) is 1. The molecule has 0 spiro atoms. The largest absolute Gasteiger partial charge is 0.490 e. The van der Waals surface area contributed by atoms with Crippen LogP contribution in [0.15, 0.2) is 51.8 Å². The van der Waals surface area contributed by atoms with Crippen molar-refractivity contribution in [3.05, 3.63) is 63.0 Å². The number of amides is 1. The van der Waals surface area contributed by atoms with Gasteiger partial charge in [0.1, 0.15) is 10.9 Å². The number of thiocarbonyl (C=S) groups is 1. The zero-order chi connectivity index (χ0) is 22.4. The van der Waals surface area contributed by atoms with E-state index in [4.69, 9.17) is 26.8 Å². The molecule has 9 heteroatoms. The van der Waals surface area contributed by atoms with Gasteiger partial charge in [-0.25, -0.2) is 0 Å². The summed E-state index contributed by atoms with van der Waals surface area (Å²) in [6, 6.07) is 13.5. The summed E-state index contributed by atoms with van der Waals surface area (Å²) < 4.78 is 12.8. The molecular formula is C22H20BrNO5S2. The van der Waals surface area contributed by atoms with Crippen LogP contribution in [0, 0.1) is 0 Å². The number of hydrogen-bond acceptors (Lipinski definition) is 6. The second-order valence-electron chi connectivity index (χ2n) is 6.51. The molecule has 0 atom stereocenters. The van der Waals surface area contributed by atoms with Crippen molar-refractivity contribution in [2.75, 3.05) is 13.2 Å². The number of hydrogen-bond donors (Lipinski definition) is 1. The van der Waals surface area contributed by atoms with Gasteiger partial charge in [0.25, 0.3) is 5.91 Å². The Morgan fingerprint density at radius 3 is 2.68 bits per heavy atom. The fourth-order valence-corrected chi connectivity index (χ4v) is 4.74. The minimum absolute atomic E-state index is 0.0531. The third-order valence-corrected chi connectivity index (χ3v) is 6.25. The second-order valence-corrected chi connectivity index (χ2v) is 9.04. The van der Waals surface area contributed by atoms with Crippen molar-refractivity contribution in [3.8, 4) is 11.5 Å². The number of thioether (sulfide) groups is 1. The lowest BCUT2D eigenvalue weighted by atomic mass is 10.1. The van der Waals surface area contributed by atoms with Crippen molar-refractivity contribution in [1.29, 1.82) is 0 Å². The Morgan fingerprint density at radius 1 is 1.26 bits per heavy atom. The van der Waals surface area contributed by atoms with Gasteiger partial charge in [-0.2, -0.15) is 0 Å². The van der Waals surface area contributed by atoms with E-state index in [1.54, 1.807) is 12.1 Å². The van der Waals surface area contributed by atoms with Crippen LogP contribution in [0.25, 0.3) is 6.08 Å². The van der Waals surface area contributed by atoms with Crippen molar-refractivity contribution < 1.29 is 24.2 Å². The zero-order valence-electron chi connectivity index (χ0n) is 16.7.